The fourth-order valence-electron chi connectivity index (χ4n) is 1.73. The van der Waals surface area contributed by atoms with Gasteiger partial charge in [0.25, 0.3) is 0 Å². The molecule has 1 aliphatic rings. The summed E-state index contributed by atoms with van der Waals surface area (Å²) in [5, 5.41) is 0. The van der Waals surface area contributed by atoms with Crippen LogP contribution in [0.25, 0.3) is 0 Å². The lowest BCUT2D eigenvalue weighted by Gasteiger charge is -2.30. The largest absolute Gasteiger partial charge is 0.399 e. The Balaban J connectivity index is 2.38. The van der Waals surface area contributed by atoms with E-state index in [1.54, 1.807) is 0 Å². The lowest BCUT2D eigenvalue weighted by Crippen LogP contribution is -2.37. The molecule has 1 aromatic rings. The summed E-state index contributed by atoms with van der Waals surface area (Å²) in [5.74, 6) is 0.538. The molecule has 4 nitrogen and oxygen atoms in total. The zero-order valence-electron chi connectivity index (χ0n) is 9.66. The quantitative estimate of drug-likeness (QED) is 0.670. The maximum Gasteiger partial charge on any atom is 0.157 e. The van der Waals surface area contributed by atoms with Crippen LogP contribution in [0.1, 0.15) is 12.5 Å². The van der Waals surface area contributed by atoms with Gasteiger partial charge in [-0.3, -0.25) is 4.99 Å². The third-order valence-corrected chi connectivity index (χ3v) is 2.51. The average Bonchev–Trinajstić information content (AvgIpc) is 2.29. The number of ether oxygens (including phenoxy) is 1. The van der Waals surface area contributed by atoms with Crippen LogP contribution >= 0.6 is 0 Å². The van der Waals surface area contributed by atoms with E-state index in [9.17, 15) is 0 Å². The summed E-state index contributed by atoms with van der Waals surface area (Å²) >= 11 is 0. The van der Waals surface area contributed by atoms with Gasteiger partial charge in [-0.05, 0) is 24.6 Å². The van der Waals surface area contributed by atoms with E-state index < -0.39 is 5.54 Å². The first-order chi connectivity index (χ1) is 7.64. The molecule has 0 saturated carbocycles. The highest BCUT2D eigenvalue weighted by atomic mass is 16.5. The molecule has 0 radical (unpaired) electrons. The lowest BCUT2D eigenvalue weighted by atomic mass is 9.92. The van der Waals surface area contributed by atoms with Gasteiger partial charge in [0.15, 0.2) is 1.41 Å². The number of rotatable bonds is 1. The molecule has 0 fully saturated rings. The highest BCUT2D eigenvalue weighted by molar-refractivity contribution is 5.82. The van der Waals surface area contributed by atoms with Gasteiger partial charge in [-0.25, -0.2) is 0 Å². The molecule has 4 N–H and O–H groups in total. The topological polar surface area (TPSA) is 73.6 Å². The highest BCUT2D eigenvalue weighted by Gasteiger charge is 2.29. The van der Waals surface area contributed by atoms with Crippen LogP contribution in [0.15, 0.2) is 29.3 Å². The summed E-state index contributed by atoms with van der Waals surface area (Å²) < 4.78 is 12.5. The van der Waals surface area contributed by atoms with E-state index in [1.807, 2.05) is 31.2 Å². The van der Waals surface area contributed by atoms with Crippen LogP contribution in [0.3, 0.4) is 0 Å². The molecule has 1 aromatic carbocycles. The van der Waals surface area contributed by atoms with Gasteiger partial charge in [-0.2, -0.15) is 0 Å². The van der Waals surface area contributed by atoms with E-state index in [0.717, 1.165) is 5.56 Å². The number of hydrogen-bond acceptors (Lipinski definition) is 4. The minimum Gasteiger partial charge on any atom is -0.399 e. The third kappa shape index (κ3) is 1.94. The fourth-order valence-corrected chi connectivity index (χ4v) is 1.73. The van der Waals surface area contributed by atoms with Gasteiger partial charge in [0.2, 0.25) is 0 Å². The Kier molecular flexibility index (Phi) is 2.07. The van der Waals surface area contributed by atoms with E-state index >= 15 is 0 Å². The molecule has 0 saturated heterocycles. The molecule has 15 heavy (non-hydrogen) atoms. The van der Waals surface area contributed by atoms with Crippen molar-refractivity contribution in [3.8, 4) is 0 Å². The number of amidine groups is 1. The van der Waals surface area contributed by atoms with Gasteiger partial charge in [-0.15, -0.1) is 0 Å². The molecule has 0 bridgehead atoms. The first-order valence-electron chi connectivity index (χ1n) is 5.34. The summed E-state index contributed by atoms with van der Waals surface area (Å²) in [6.07, 6.45) is 0. The van der Waals surface area contributed by atoms with E-state index in [2.05, 4.69) is 10.7 Å². The number of hydrogen-bond donors (Lipinski definition) is 2. The average molecular weight is 206 g/mol. The van der Waals surface area contributed by atoms with Crippen LogP contribution in [0.4, 0.5) is 5.69 Å². The first kappa shape index (κ1) is 8.73. The standard InChI is InChI=1S/C11H15N3O/c1-11(7-15-6-10(13)14-11)8-3-2-4-9(12)5-8/h2-5H,6-7,12H2,1H3,(H2,13,14)/i/hD. The maximum absolute atomic E-state index is 7.09. The molecule has 0 aliphatic carbocycles. The van der Waals surface area contributed by atoms with Crippen molar-refractivity contribution in [2.75, 3.05) is 18.9 Å². The van der Waals surface area contributed by atoms with E-state index in [4.69, 9.17) is 11.9 Å². The summed E-state index contributed by atoms with van der Waals surface area (Å²) in [4.78, 5) is 4.48. The molecule has 0 spiro atoms. The first-order valence-corrected chi connectivity index (χ1v) is 4.84. The molecular formula is C11H15N3O. The zero-order chi connectivity index (χ0) is 11.6. The van der Waals surface area contributed by atoms with Crippen molar-refractivity contribution >= 4 is 11.5 Å². The van der Waals surface area contributed by atoms with Gasteiger partial charge >= 0.3 is 0 Å². The minimum absolute atomic E-state index is 0.363. The normalized spacial score (nSPS) is 26.7. The van der Waals surface area contributed by atoms with Crippen molar-refractivity contribution in [2.45, 2.75) is 12.5 Å². The fraction of sp³-hybridized carbons (Fsp3) is 0.364. The molecule has 4 heteroatoms. The predicted octanol–water partition coefficient (Wildman–Crippen LogP) is 0.871. The molecule has 1 aliphatic heterocycles. The zero-order valence-corrected chi connectivity index (χ0v) is 8.66. The summed E-state index contributed by atoms with van der Waals surface area (Å²) in [5.41, 5.74) is 9.28. The van der Waals surface area contributed by atoms with Crippen LogP contribution in [0, 0.1) is 0 Å². The van der Waals surface area contributed by atoms with Crippen LogP contribution < -0.4 is 11.5 Å². The molecule has 0 aromatic heterocycles. The van der Waals surface area contributed by atoms with Crippen molar-refractivity contribution < 1.29 is 6.15 Å². The minimum atomic E-state index is -0.461. The third-order valence-electron chi connectivity index (χ3n) is 2.51. The summed E-state index contributed by atoms with van der Waals surface area (Å²) in [6.45, 7) is 2.83. The van der Waals surface area contributed by atoms with Gasteiger partial charge < -0.3 is 16.2 Å². The van der Waals surface area contributed by atoms with Crippen molar-refractivity contribution in [3.63, 3.8) is 0 Å². The van der Waals surface area contributed by atoms with Crippen molar-refractivity contribution in [2.24, 2.45) is 10.7 Å². The Morgan fingerprint density at radius 1 is 1.60 bits per heavy atom. The molecule has 0 amide bonds. The number of aliphatic imine (C=N–C) groups is 1. The monoisotopic (exact) mass is 206 g/mol. The Hall–Kier alpha value is -1.55. The Morgan fingerprint density at radius 3 is 3.20 bits per heavy atom. The SMILES string of the molecule is [2H]NC1=NC(C)(c2cccc(N)c2)COC1. The van der Waals surface area contributed by atoms with E-state index in [0.29, 0.717) is 24.7 Å². The van der Waals surface area contributed by atoms with E-state index in [-0.39, 0.29) is 0 Å². The number of benzene rings is 1. The molecule has 80 valence electrons. The van der Waals surface area contributed by atoms with Crippen LogP contribution in [-0.4, -0.2) is 19.0 Å². The van der Waals surface area contributed by atoms with Crippen molar-refractivity contribution in [3.05, 3.63) is 29.8 Å². The molecule has 1 atom stereocenters. The Bertz CT molecular complexity index is 421. The van der Waals surface area contributed by atoms with Gasteiger partial charge in [0.05, 0.1) is 6.61 Å². The smallest absolute Gasteiger partial charge is 0.157 e. The van der Waals surface area contributed by atoms with Crippen molar-refractivity contribution in [1.29, 1.82) is 0 Å². The number of nitrogens with two attached hydrogens (primary N) is 2. The molecule has 1 heterocycles. The summed E-state index contributed by atoms with van der Waals surface area (Å²) in [7, 11) is 0. The maximum atomic E-state index is 7.09. The number of nitrogens with zero attached hydrogens (tertiary/aromatic N) is 1. The highest BCUT2D eigenvalue weighted by Crippen LogP contribution is 2.29. The second-order valence-corrected chi connectivity index (χ2v) is 3.95. The Morgan fingerprint density at radius 2 is 2.47 bits per heavy atom. The molecule has 1 unspecified atom stereocenters. The van der Waals surface area contributed by atoms with Gasteiger partial charge in [0, 0.05) is 5.69 Å². The second kappa shape index (κ2) is 3.55. The van der Waals surface area contributed by atoms with Crippen LogP contribution in [0.5, 0.6) is 0 Å². The number of nitrogen functional groups attached to an aromatic ring is 1. The predicted molar refractivity (Wildman–Crippen MR) is 60.6 cm³/mol. The van der Waals surface area contributed by atoms with E-state index in [1.165, 1.54) is 0 Å². The van der Waals surface area contributed by atoms with Gasteiger partial charge in [-0.1, -0.05) is 12.1 Å². The molecule has 2 rings (SSSR count). The Labute approximate surface area is 90.4 Å². The molecular weight excluding hydrogens is 190 g/mol. The summed E-state index contributed by atoms with van der Waals surface area (Å²) in [6, 6.07) is 7.59. The number of anilines is 1. The second-order valence-electron chi connectivity index (χ2n) is 3.95. The van der Waals surface area contributed by atoms with Crippen molar-refractivity contribution in [1.82, 2.24) is 0 Å². The van der Waals surface area contributed by atoms with Gasteiger partial charge in [0.1, 0.15) is 18.0 Å². The van der Waals surface area contributed by atoms with Crippen LogP contribution in [-0.2, 0) is 10.3 Å². The lowest BCUT2D eigenvalue weighted by molar-refractivity contribution is 0.106. The van der Waals surface area contributed by atoms with Crippen LogP contribution in [0.2, 0.25) is 1.41 Å².